The van der Waals surface area contributed by atoms with Crippen molar-refractivity contribution < 1.29 is 50.2 Å². The van der Waals surface area contributed by atoms with E-state index in [-0.39, 0.29) is 50.9 Å². The highest BCUT2D eigenvalue weighted by Gasteiger charge is 2.27. The summed E-state index contributed by atoms with van der Waals surface area (Å²) < 4.78 is 63.6. The predicted octanol–water partition coefficient (Wildman–Crippen LogP) is 20.5. The Labute approximate surface area is 481 Å². The minimum absolute atomic E-state index is 0.0652. The van der Waals surface area contributed by atoms with Crippen molar-refractivity contribution in [3.63, 3.8) is 0 Å². The minimum atomic E-state index is -1.36. The number of hydrogen-bond donors (Lipinski definition) is 1. The molecule has 0 aromatic rings. The maximum absolute atomic E-state index is 12.0. The first kappa shape index (κ1) is 76.4. The molecule has 73 heavy (non-hydrogen) atoms. The Morgan fingerprint density at radius 1 is 0.479 bits per heavy atom. The van der Waals surface area contributed by atoms with Gasteiger partial charge in [0.2, 0.25) is 30.3 Å². The molecule has 0 saturated heterocycles. The zero-order valence-electron chi connectivity index (χ0n) is 48.1. The maximum Gasteiger partial charge on any atom is 0.306 e. The van der Waals surface area contributed by atoms with Gasteiger partial charge in [-0.05, 0) is 84.0 Å². The summed E-state index contributed by atoms with van der Waals surface area (Å²) in [5.41, 5.74) is 0. The summed E-state index contributed by atoms with van der Waals surface area (Å²) in [4.78, 5) is 12.0. The molecule has 0 fully saturated rings. The summed E-state index contributed by atoms with van der Waals surface area (Å²) in [6, 6.07) is 0. The minimum Gasteiger partial charge on any atom is -0.469 e. The van der Waals surface area contributed by atoms with Crippen molar-refractivity contribution in [2.45, 2.75) is 230 Å². The average Bonchev–Trinajstić information content (AvgIpc) is 3.39. The Morgan fingerprint density at radius 3 is 1.18 bits per heavy atom. The van der Waals surface area contributed by atoms with Gasteiger partial charge in [-0.25, -0.2) is 0 Å². The topological polar surface area (TPSA) is 109 Å². The molecule has 438 valence electrons. The largest absolute Gasteiger partial charge is 0.469 e. The van der Waals surface area contributed by atoms with Crippen LogP contribution in [0.25, 0.3) is 0 Å². The zero-order valence-corrected chi connectivity index (χ0v) is 57.6. The molecular formula is C51H107O11P5S6. The predicted molar refractivity (Wildman–Crippen MR) is 339 cm³/mol. The van der Waals surface area contributed by atoms with Gasteiger partial charge in [-0.1, -0.05) is 178 Å². The average molecular weight is 1240 g/mol. The van der Waals surface area contributed by atoms with Gasteiger partial charge in [-0.15, -0.1) is 11.4 Å². The smallest absolute Gasteiger partial charge is 0.306 e. The molecule has 0 aliphatic heterocycles. The molecular weight excluding hydrogens is 1140 g/mol. The normalized spacial score (nSPS) is 17.7. The lowest BCUT2D eigenvalue weighted by Gasteiger charge is -2.27. The number of methoxy groups -OCH3 is 1. The van der Waals surface area contributed by atoms with Gasteiger partial charge >= 0.3 is 5.97 Å². The molecule has 0 spiro atoms. The van der Waals surface area contributed by atoms with Crippen LogP contribution in [0.15, 0.2) is 0 Å². The van der Waals surface area contributed by atoms with Gasteiger partial charge in [0.05, 0.1) is 78.5 Å². The second-order valence-corrected chi connectivity index (χ2v) is 34.5. The molecule has 12 atom stereocenters. The van der Waals surface area contributed by atoms with Gasteiger partial charge < -0.3 is 45.5 Å². The highest BCUT2D eigenvalue weighted by molar-refractivity contribution is 8.54. The monoisotopic (exact) mass is 1240 g/mol. The van der Waals surface area contributed by atoms with Gasteiger partial charge in [0.1, 0.15) is 0 Å². The van der Waals surface area contributed by atoms with Gasteiger partial charge in [-0.2, -0.15) is 12.6 Å². The van der Waals surface area contributed by atoms with Crippen LogP contribution in [0.2, 0.25) is 0 Å². The molecule has 0 saturated carbocycles. The number of thiol groups is 1. The fourth-order valence-electron chi connectivity index (χ4n) is 6.47. The highest BCUT2D eigenvalue weighted by Crippen LogP contribution is 2.59. The molecule has 0 aromatic heterocycles. The second-order valence-electron chi connectivity index (χ2n) is 19.0. The van der Waals surface area contributed by atoms with Crippen LogP contribution < -0.4 is 0 Å². The van der Waals surface area contributed by atoms with Crippen LogP contribution in [0.1, 0.15) is 199 Å². The SMILES string of the molecule is CCCCC(CC)COP(OCC(CC)CCCC)SCC(C)OPSCC(C)OP(OC(C)CSP(OC(C)CS)OC(C)CSP(OCC(CC)CCCC)OCC(CC)CCCC)SCCC(=O)OC. The lowest BCUT2D eigenvalue weighted by molar-refractivity contribution is -0.140. The maximum atomic E-state index is 12.0. The van der Waals surface area contributed by atoms with Gasteiger partial charge in [-0.3, -0.25) is 4.79 Å². The molecule has 0 heterocycles. The third-order valence-electron chi connectivity index (χ3n) is 11.8. The Kier molecular flexibility index (Phi) is 55.8. The van der Waals surface area contributed by atoms with Crippen LogP contribution in [-0.4, -0.2) is 105 Å². The van der Waals surface area contributed by atoms with Crippen LogP contribution in [0.4, 0.5) is 0 Å². The molecule has 0 rings (SSSR count). The van der Waals surface area contributed by atoms with Crippen molar-refractivity contribution in [2.24, 2.45) is 23.7 Å². The molecule has 11 nitrogen and oxygen atoms in total. The van der Waals surface area contributed by atoms with Gasteiger partial charge in [0.15, 0.2) is 0 Å². The molecule has 0 aliphatic carbocycles. The van der Waals surface area contributed by atoms with Gasteiger partial charge in [0.25, 0.3) is 0 Å². The van der Waals surface area contributed by atoms with Crippen molar-refractivity contribution in [3.05, 3.63) is 0 Å². The summed E-state index contributed by atoms with van der Waals surface area (Å²) in [5, 5.41) is 0. The highest BCUT2D eigenvalue weighted by atomic mass is 32.7. The molecule has 0 aromatic carbocycles. The van der Waals surface area contributed by atoms with Crippen LogP contribution in [0, 0.1) is 23.7 Å². The summed E-state index contributed by atoms with van der Waals surface area (Å²) in [6.07, 6.45) is 19.1. The number of ether oxygens (including phenoxy) is 1. The van der Waals surface area contributed by atoms with Gasteiger partial charge in [0, 0.05) is 34.5 Å². The van der Waals surface area contributed by atoms with E-state index in [4.69, 9.17) is 45.5 Å². The molecule has 0 aliphatic rings. The Balaban J connectivity index is 5.49. The van der Waals surface area contributed by atoms with E-state index < -0.39 is 30.3 Å². The number of hydrogen-bond acceptors (Lipinski definition) is 17. The Morgan fingerprint density at radius 2 is 0.822 bits per heavy atom. The van der Waals surface area contributed by atoms with Crippen molar-refractivity contribution in [1.82, 2.24) is 0 Å². The van der Waals surface area contributed by atoms with Crippen LogP contribution in [0.3, 0.4) is 0 Å². The molecule has 0 bridgehead atoms. The number of unbranched alkanes of at least 4 members (excludes halogenated alkanes) is 4. The first-order valence-corrected chi connectivity index (χ1v) is 42.2. The van der Waals surface area contributed by atoms with E-state index in [1.165, 1.54) is 84.2 Å². The number of carbonyl (C=O) groups excluding carboxylic acids is 1. The van der Waals surface area contributed by atoms with Crippen LogP contribution in [0.5, 0.6) is 0 Å². The van der Waals surface area contributed by atoms with E-state index in [0.29, 0.717) is 40.9 Å². The summed E-state index contributed by atoms with van der Waals surface area (Å²) in [6.45, 7) is 31.5. The first-order chi connectivity index (χ1) is 35.2. The molecule has 0 radical (unpaired) electrons. The fourth-order valence-corrected chi connectivity index (χ4v) is 22.4. The van der Waals surface area contributed by atoms with Crippen molar-refractivity contribution in [2.75, 3.05) is 68.1 Å². The standard InChI is InChI=1S/C51H107O11P5S6/c1-15-23-27-47(19-5)33-54-64(55-34-48(20-6)28-24-16-2)71-39-43(10)58-63-69-38-44(11)60-66(70-32-31-51(52)53-14)61-46(13)41-73-67(59-42(9)37-68)62-45(12)40-72-65(56-35-49(21-7)29-25-17-3)57-36-50(22-8)30-26-18-4/h42-50,63,68H,15-41H2,1-14H3. The van der Waals surface area contributed by atoms with Crippen molar-refractivity contribution in [3.8, 4) is 0 Å². The second kappa shape index (κ2) is 53.4. The first-order valence-electron chi connectivity index (χ1n) is 27.8. The Bertz CT molecular complexity index is 1190. The molecule has 12 unspecified atom stereocenters. The van der Waals surface area contributed by atoms with E-state index >= 15 is 0 Å². The van der Waals surface area contributed by atoms with E-state index in [1.807, 2.05) is 6.92 Å². The third-order valence-corrected chi connectivity index (χ3v) is 28.0. The summed E-state index contributed by atoms with van der Waals surface area (Å²) in [5.74, 6) is 6.12. The third kappa shape index (κ3) is 44.6. The van der Waals surface area contributed by atoms with Crippen molar-refractivity contribution in [1.29, 1.82) is 0 Å². The molecule has 0 amide bonds. The number of rotatable bonds is 55. The fraction of sp³-hybridized carbons (Fsp3) is 0.980. The van der Waals surface area contributed by atoms with Crippen LogP contribution >= 0.6 is 108 Å². The summed E-state index contributed by atoms with van der Waals surface area (Å²) >= 11 is 13.0. The lowest BCUT2D eigenvalue weighted by atomic mass is 10.0. The Hall–Kier alpha value is 3.36. The quantitative estimate of drug-likeness (QED) is 0.0270. The molecule has 22 heteroatoms. The number of carbonyl (C=O) groups is 1. The van der Waals surface area contributed by atoms with E-state index in [9.17, 15) is 4.79 Å². The van der Waals surface area contributed by atoms with E-state index in [0.717, 1.165) is 69.4 Å². The van der Waals surface area contributed by atoms with Crippen molar-refractivity contribution >= 4 is 114 Å². The zero-order chi connectivity index (χ0) is 54.5. The lowest BCUT2D eigenvalue weighted by Crippen LogP contribution is -2.15. The number of esters is 1. The molecule has 0 N–H and O–H groups in total. The van der Waals surface area contributed by atoms with E-state index in [2.05, 4.69) is 95.7 Å². The summed E-state index contributed by atoms with van der Waals surface area (Å²) in [7, 11) is -3.11. The van der Waals surface area contributed by atoms with Crippen LogP contribution in [-0.2, 0) is 50.2 Å². The van der Waals surface area contributed by atoms with E-state index in [1.54, 1.807) is 56.9 Å².